The van der Waals surface area contributed by atoms with Crippen LogP contribution in [-0.2, 0) is 25.4 Å². The topological polar surface area (TPSA) is 92.9 Å². The van der Waals surface area contributed by atoms with Gasteiger partial charge in [-0.25, -0.2) is 0 Å². The quantitative estimate of drug-likeness (QED) is 0.747. The van der Waals surface area contributed by atoms with Crippen LogP contribution in [0.5, 0.6) is 0 Å². The number of halogens is 3. The zero-order chi connectivity index (χ0) is 21.6. The molecule has 30 heavy (non-hydrogen) atoms. The Labute approximate surface area is 170 Å². The molecule has 10 heteroatoms. The Morgan fingerprint density at radius 2 is 1.70 bits per heavy atom. The van der Waals surface area contributed by atoms with Crippen molar-refractivity contribution in [1.29, 1.82) is 0 Å². The predicted octanol–water partition coefficient (Wildman–Crippen LogP) is 2.17. The zero-order valence-electron chi connectivity index (χ0n) is 16.1. The lowest BCUT2D eigenvalue weighted by molar-refractivity contribution is -0.183. The SMILES string of the molecule is NC(=O)CN1OC2C(=O)N(C3CCCCC3)C(=O)C2C1c1ccc(C(F)(F)F)cc1. The number of carbonyl (C=O) groups is 3. The number of amides is 3. The van der Waals surface area contributed by atoms with Crippen LogP contribution in [0.3, 0.4) is 0 Å². The summed E-state index contributed by atoms with van der Waals surface area (Å²) in [6, 6.07) is 3.24. The van der Waals surface area contributed by atoms with Gasteiger partial charge in [-0.05, 0) is 30.5 Å². The largest absolute Gasteiger partial charge is 0.416 e. The summed E-state index contributed by atoms with van der Waals surface area (Å²) in [7, 11) is 0. The summed E-state index contributed by atoms with van der Waals surface area (Å²) in [6.45, 7) is -0.386. The van der Waals surface area contributed by atoms with E-state index in [1.165, 1.54) is 17.0 Å². The molecule has 1 aliphatic carbocycles. The molecular formula is C20H22F3N3O4. The molecule has 3 amide bonds. The molecule has 0 spiro atoms. The molecule has 162 valence electrons. The zero-order valence-corrected chi connectivity index (χ0v) is 16.1. The minimum atomic E-state index is -4.50. The van der Waals surface area contributed by atoms with Gasteiger partial charge in [0.15, 0.2) is 6.10 Å². The summed E-state index contributed by atoms with van der Waals surface area (Å²) in [5.41, 5.74) is 4.79. The highest BCUT2D eigenvalue weighted by molar-refractivity contribution is 6.07. The number of nitrogens with zero attached hydrogens (tertiary/aromatic N) is 2. The number of hydroxylamine groups is 2. The van der Waals surface area contributed by atoms with Crippen molar-refractivity contribution in [1.82, 2.24) is 9.96 Å². The van der Waals surface area contributed by atoms with Crippen LogP contribution in [0.15, 0.2) is 24.3 Å². The fourth-order valence-corrected chi connectivity index (χ4v) is 4.72. The number of benzene rings is 1. The van der Waals surface area contributed by atoms with E-state index in [0.717, 1.165) is 49.3 Å². The van der Waals surface area contributed by atoms with E-state index in [0.29, 0.717) is 5.56 Å². The Morgan fingerprint density at radius 3 is 2.27 bits per heavy atom. The second-order valence-electron chi connectivity index (χ2n) is 8.00. The van der Waals surface area contributed by atoms with Gasteiger partial charge in [-0.15, -0.1) is 0 Å². The van der Waals surface area contributed by atoms with E-state index in [9.17, 15) is 27.6 Å². The van der Waals surface area contributed by atoms with E-state index in [1.54, 1.807) is 0 Å². The number of alkyl halides is 3. The van der Waals surface area contributed by atoms with Crippen LogP contribution in [0, 0.1) is 5.92 Å². The van der Waals surface area contributed by atoms with Crippen molar-refractivity contribution < 1.29 is 32.4 Å². The number of primary amides is 1. The van der Waals surface area contributed by atoms with E-state index in [1.807, 2.05) is 0 Å². The molecule has 3 aliphatic rings. The van der Waals surface area contributed by atoms with Gasteiger partial charge in [0.05, 0.1) is 17.5 Å². The lowest BCUT2D eigenvalue weighted by atomic mass is 9.90. The normalized spacial score (nSPS) is 28.2. The molecule has 3 fully saturated rings. The van der Waals surface area contributed by atoms with Gasteiger partial charge in [-0.3, -0.25) is 24.1 Å². The molecule has 3 unspecified atom stereocenters. The second-order valence-corrected chi connectivity index (χ2v) is 8.00. The molecule has 2 aliphatic heterocycles. The van der Waals surface area contributed by atoms with Crippen LogP contribution in [0.25, 0.3) is 0 Å². The minimum Gasteiger partial charge on any atom is -0.368 e. The maximum absolute atomic E-state index is 13.2. The van der Waals surface area contributed by atoms with Crippen molar-refractivity contribution in [2.45, 2.75) is 56.5 Å². The van der Waals surface area contributed by atoms with Crippen molar-refractivity contribution in [3.63, 3.8) is 0 Å². The standard InChI is InChI=1S/C20H22F3N3O4/c21-20(22,23)12-8-6-11(7-9-12)16-15-17(30-25(16)10-14(24)27)19(29)26(18(15)28)13-4-2-1-3-5-13/h6-9,13,15-17H,1-5,10H2,(H2,24,27). The van der Waals surface area contributed by atoms with Gasteiger partial charge in [0.1, 0.15) is 6.54 Å². The monoisotopic (exact) mass is 425 g/mol. The number of imide groups is 1. The molecule has 1 saturated carbocycles. The molecule has 2 saturated heterocycles. The van der Waals surface area contributed by atoms with E-state index >= 15 is 0 Å². The lowest BCUT2D eigenvalue weighted by Gasteiger charge is -2.32. The van der Waals surface area contributed by atoms with E-state index in [-0.39, 0.29) is 12.6 Å². The van der Waals surface area contributed by atoms with Gasteiger partial charge in [0, 0.05) is 6.04 Å². The third kappa shape index (κ3) is 3.58. The highest BCUT2D eigenvalue weighted by Gasteiger charge is 2.60. The van der Waals surface area contributed by atoms with Crippen LogP contribution in [-0.4, -0.2) is 46.4 Å². The van der Waals surface area contributed by atoms with Gasteiger partial charge >= 0.3 is 6.18 Å². The average molecular weight is 425 g/mol. The molecule has 4 rings (SSSR count). The number of nitrogens with two attached hydrogens (primary N) is 1. The number of fused-ring (bicyclic) bond motifs is 1. The van der Waals surface area contributed by atoms with Crippen molar-refractivity contribution in [3.05, 3.63) is 35.4 Å². The Hall–Kier alpha value is -2.46. The molecule has 7 nitrogen and oxygen atoms in total. The summed E-state index contributed by atoms with van der Waals surface area (Å²) in [6.07, 6.45) is -1.25. The Kier molecular flexibility index (Phi) is 5.31. The maximum atomic E-state index is 13.2. The molecule has 2 N–H and O–H groups in total. The number of rotatable bonds is 4. The first kappa shape index (κ1) is 20.8. The number of likely N-dealkylation sites (tertiary alicyclic amines) is 1. The van der Waals surface area contributed by atoms with Crippen LogP contribution in [0.4, 0.5) is 13.2 Å². The van der Waals surface area contributed by atoms with Crippen LogP contribution < -0.4 is 5.73 Å². The Bertz CT molecular complexity index is 852. The summed E-state index contributed by atoms with van der Waals surface area (Å²) in [5, 5.41) is 1.15. The predicted molar refractivity (Wildman–Crippen MR) is 97.2 cm³/mol. The number of carbonyl (C=O) groups excluding carboxylic acids is 3. The minimum absolute atomic E-state index is 0.189. The summed E-state index contributed by atoms with van der Waals surface area (Å²) in [5.74, 6) is -2.54. The fourth-order valence-electron chi connectivity index (χ4n) is 4.72. The second kappa shape index (κ2) is 7.66. The van der Waals surface area contributed by atoms with Crippen LogP contribution in [0.2, 0.25) is 0 Å². The van der Waals surface area contributed by atoms with Crippen LogP contribution in [0.1, 0.15) is 49.3 Å². The molecule has 2 heterocycles. The summed E-state index contributed by atoms with van der Waals surface area (Å²) in [4.78, 5) is 44.6. The molecule has 0 aromatic heterocycles. The number of hydrogen-bond donors (Lipinski definition) is 1. The third-order valence-electron chi connectivity index (χ3n) is 6.06. The van der Waals surface area contributed by atoms with Gasteiger partial charge in [0.25, 0.3) is 5.91 Å². The highest BCUT2D eigenvalue weighted by Crippen LogP contribution is 2.46. The lowest BCUT2D eigenvalue weighted by Crippen LogP contribution is -2.45. The van der Waals surface area contributed by atoms with Gasteiger partial charge < -0.3 is 5.73 Å². The molecule has 0 bridgehead atoms. The molecular weight excluding hydrogens is 403 g/mol. The van der Waals surface area contributed by atoms with Crippen molar-refractivity contribution in [2.24, 2.45) is 11.7 Å². The van der Waals surface area contributed by atoms with Gasteiger partial charge in [-0.2, -0.15) is 18.2 Å². The molecule has 1 aromatic carbocycles. The summed E-state index contributed by atoms with van der Waals surface area (Å²) < 4.78 is 38.8. The van der Waals surface area contributed by atoms with Crippen molar-refractivity contribution in [3.8, 4) is 0 Å². The molecule has 3 atom stereocenters. The summed E-state index contributed by atoms with van der Waals surface area (Å²) >= 11 is 0. The highest BCUT2D eigenvalue weighted by atomic mass is 19.4. The molecule has 0 radical (unpaired) electrons. The first-order valence-electron chi connectivity index (χ1n) is 9.94. The smallest absolute Gasteiger partial charge is 0.368 e. The first-order valence-corrected chi connectivity index (χ1v) is 9.94. The third-order valence-corrected chi connectivity index (χ3v) is 6.06. The number of hydrogen-bond acceptors (Lipinski definition) is 5. The average Bonchev–Trinajstić information content (AvgIpc) is 3.17. The van der Waals surface area contributed by atoms with E-state index in [4.69, 9.17) is 10.6 Å². The Balaban J connectivity index is 1.66. The van der Waals surface area contributed by atoms with E-state index in [2.05, 4.69) is 0 Å². The maximum Gasteiger partial charge on any atom is 0.416 e. The van der Waals surface area contributed by atoms with Crippen molar-refractivity contribution >= 4 is 17.7 Å². The van der Waals surface area contributed by atoms with Crippen LogP contribution >= 0.6 is 0 Å². The van der Waals surface area contributed by atoms with Crippen molar-refractivity contribution in [2.75, 3.05) is 6.54 Å². The Morgan fingerprint density at radius 1 is 1.07 bits per heavy atom. The van der Waals surface area contributed by atoms with E-state index < -0.39 is 47.5 Å². The fraction of sp³-hybridized carbons (Fsp3) is 0.550. The van der Waals surface area contributed by atoms with Gasteiger partial charge in [-0.1, -0.05) is 31.4 Å². The van der Waals surface area contributed by atoms with Gasteiger partial charge in [0.2, 0.25) is 11.8 Å². The molecule has 1 aromatic rings. The first-order chi connectivity index (χ1) is 14.2.